The highest BCUT2D eigenvalue weighted by Gasteiger charge is 2.10. The number of pyridine rings is 1. The average molecular weight is 412 g/mol. The highest BCUT2D eigenvalue weighted by molar-refractivity contribution is 7.18. The van der Waals surface area contributed by atoms with E-state index in [1.54, 1.807) is 22.7 Å². The summed E-state index contributed by atoms with van der Waals surface area (Å²) in [6.07, 6.45) is 7.80. The number of nitrogens with zero attached hydrogens (tertiary/aromatic N) is 1. The van der Waals surface area contributed by atoms with Crippen molar-refractivity contribution in [3.05, 3.63) is 56.2 Å². The third-order valence-corrected chi connectivity index (χ3v) is 6.28. The van der Waals surface area contributed by atoms with Crippen LogP contribution in [0.15, 0.2) is 41.1 Å². The number of fused-ring (bicyclic) bond motifs is 1. The minimum absolute atomic E-state index is 0.449. The van der Waals surface area contributed by atoms with Crippen LogP contribution >= 0.6 is 45.9 Å². The number of halogens is 2. The third kappa shape index (κ3) is 5.19. The second-order valence-electron chi connectivity index (χ2n) is 5.73. The number of anilines is 1. The van der Waals surface area contributed by atoms with Crippen molar-refractivity contribution in [2.45, 2.75) is 31.8 Å². The van der Waals surface area contributed by atoms with Crippen LogP contribution in [0.25, 0.3) is 10.2 Å². The van der Waals surface area contributed by atoms with Crippen molar-refractivity contribution in [2.75, 3.05) is 5.32 Å². The fourth-order valence-electron chi connectivity index (χ4n) is 2.49. The van der Waals surface area contributed by atoms with Crippen molar-refractivity contribution in [1.82, 2.24) is 4.98 Å². The average Bonchev–Trinajstić information content (AvgIpc) is 3.25. The van der Waals surface area contributed by atoms with Crippen LogP contribution in [0.2, 0.25) is 10.2 Å². The van der Waals surface area contributed by atoms with Gasteiger partial charge in [-0.1, -0.05) is 41.4 Å². The molecule has 1 atom stereocenters. The monoisotopic (exact) mass is 411 g/mol. The summed E-state index contributed by atoms with van der Waals surface area (Å²) < 4.78 is 1.04. The topological polar surface area (TPSA) is 50.9 Å². The summed E-state index contributed by atoms with van der Waals surface area (Å²) in [7, 11) is 0. The molecule has 0 bridgehead atoms. The van der Waals surface area contributed by atoms with Crippen molar-refractivity contribution in [3.63, 3.8) is 0 Å². The molecule has 0 aliphatic heterocycles. The largest absolute Gasteiger partial charge is 0.379 e. The molecule has 1 aliphatic carbocycles. The zero-order chi connectivity index (χ0) is 17.6. The molecule has 1 aliphatic rings. The molecule has 7 heteroatoms. The summed E-state index contributed by atoms with van der Waals surface area (Å²) in [6.45, 7) is 0.780. The van der Waals surface area contributed by atoms with Gasteiger partial charge >= 0.3 is 0 Å². The van der Waals surface area contributed by atoms with Gasteiger partial charge in [-0.3, -0.25) is 0 Å². The van der Waals surface area contributed by atoms with E-state index >= 15 is 0 Å². The molecule has 0 saturated carbocycles. The van der Waals surface area contributed by atoms with Crippen molar-refractivity contribution in [1.29, 1.82) is 0 Å². The Kier molecular flexibility index (Phi) is 6.73. The SMILES string of the molecule is Clc1cc(NCc2cccs2)c2scc(Cl)c2n1.NC1CC=CCC1. The highest BCUT2D eigenvalue weighted by atomic mass is 35.5. The molecule has 0 aromatic carbocycles. The van der Waals surface area contributed by atoms with E-state index in [0.717, 1.165) is 28.9 Å². The van der Waals surface area contributed by atoms with Crippen LogP contribution in [-0.2, 0) is 6.54 Å². The van der Waals surface area contributed by atoms with Gasteiger partial charge in [0.15, 0.2) is 0 Å². The normalized spacial score (nSPS) is 16.5. The van der Waals surface area contributed by atoms with E-state index in [4.69, 9.17) is 28.9 Å². The Hall–Kier alpha value is -1.11. The van der Waals surface area contributed by atoms with Gasteiger partial charge < -0.3 is 11.1 Å². The van der Waals surface area contributed by atoms with E-state index in [1.807, 2.05) is 17.5 Å². The zero-order valence-corrected chi connectivity index (χ0v) is 16.7. The van der Waals surface area contributed by atoms with Crippen molar-refractivity contribution >= 4 is 61.8 Å². The number of allylic oxidation sites excluding steroid dienone is 1. The molecule has 25 heavy (non-hydrogen) atoms. The molecule has 1 unspecified atom stereocenters. The van der Waals surface area contributed by atoms with E-state index in [1.165, 1.54) is 17.7 Å². The Labute approximate surface area is 165 Å². The minimum Gasteiger partial charge on any atom is -0.379 e. The summed E-state index contributed by atoms with van der Waals surface area (Å²) in [5.74, 6) is 0. The molecular weight excluding hydrogens is 393 g/mol. The van der Waals surface area contributed by atoms with E-state index in [-0.39, 0.29) is 0 Å². The van der Waals surface area contributed by atoms with Crippen molar-refractivity contribution in [2.24, 2.45) is 5.73 Å². The summed E-state index contributed by atoms with van der Waals surface area (Å²) in [5.41, 5.74) is 7.33. The first-order valence-electron chi connectivity index (χ1n) is 8.03. The fourth-order valence-corrected chi connectivity index (χ4v) is 4.52. The van der Waals surface area contributed by atoms with E-state index in [2.05, 4.69) is 33.9 Å². The quantitative estimate of drug-likeness (QED) is 0.390. The first kappa shape index (κ1) is 18.7. The van der Waals surface area contributed by atoms with Crippen molar-refractivity contribution in [3.8, 4) is 0 Å². The third-order valence-electron chi connectivity index (χ3n) is 3.79. The van der Waals surface area contributed by atoms with Gasteiger partial charge in [0.25, 0.3) is 0 Å². The molecule has 0 radical (unpaired) electrons. The van der Waals surface area contributed by atoms with Gasteiger partial charge in [0.05, 0.1) is 15.4 Å². The molecule has 3 heterocycles. The second kappa shape index (κ2) is 9.01. The molecule has 4 rings (SSSR count). The van der Waals surface area contributed by atoms with Crippen LogP contribution in [0.4, 0.5) is 5.69 Å². The summed E-state index contributed by atoms with van der Waals surface area (Å²) in [5, 5.41) is 8.43. The van der Waals surface area contributed by atoms with Crippen LogP contribution in [0.3, 0.4) is 0 Å². The Balaban J connectivity index is 0.000000219. The molecule has 3 nitrogen and oxygen atoms in total. The first-order valence-corrected chi connectivity index (χ1v) is 10.5. The smallest absolute Gasteiger partial charge is 0.131 e. The Morgan fingerprint density at radius 1 is 1.28 bits per heavy atom. The molecular formula is C18H19Cl2N3S2. The molecule has 0 fully saturated rings. The van der Waals surface area contributed by atoms with Crippen LogP contribution in [-0.4, -0.2) is 11.0 Å². The van der Waals surface area contributed by atoms with E-state index < -0.39 is 0 Å². The van der Waals surface area contributed by atoms with Crippen molar-refractivity contribution < 1.29 is 0 Å². The van der Waals surface area contributed by atoms with Gasteiger partial charge in [0.1, 0.15) is 10.7 Å². The van der Waals surface area contributed by atoms with Crippen LogP contribution in [0.5, 0.6) is 0 Å². The van der Waals surface area contributed by atoms with E-state index in [0.29, 0.717) is 16.2 Å². The van der Waals surface area contributed by atoms with Crippen LogP contribution in [0.1, 0.15) is 24.1 Å². The molecule has 0 amide bonds. The van der Waals surface area contributed by atoms with E-state index in [9.17, 15) is 0 Å². The molecule has 132 valence electrons. The lowest BCUT2D eigenvalue weighted by atomic mass is 10.0. The second-order valence-corrected chi connectivity index (χ2v) is 8.44. The maximum atomic E-state index is 6.08. The fraction of sp³-hybridized carbons (Fsp3) is 0.278. The molecule has 3 aromatic heterocycles. The molecule has 0 spiro atoms. The lowest BCUT2D eigenvalue weighted by Crippen LogP contribution is -2.19. The lowest BCUT2D eigenvalue weighted by molar-refractivity contribution is 0.606. The Morgan fingerprint density at radius 2 is 2.16 bits per heavy atom. The lowest BCUT2D eigenvalue weighted by Gasteiger charge is -2.09. The van der Waals surface area contributed by atoms with Gasteiger partial charge in [-0.15, -0.1) is 22.7 Å². The maximum absolute atomic E-state index is 6.08. The van der Waals surface area contributed by atoms with Crippen LogP contribution < -0.4 is 11.1 Å². The number of nitrogens with one attached hydrogen (secondary N) is 1. The molecule has 0 saturated heterocycles. The summed E-state index contributed by atoms with van der Waals surface area (Å²) in [6, 6.07) is 6.42. The highest BCUT2D eigenvalue weighted by Crippen LogP contribution is 2.35. The van der Waals surface area contributed by atoms with Gasteiger partial charge in [0.2, 0.25) is 0 Å². The maximum Gasteiger partial charge on any atom is 0.131 e. The molecule has 3 N–H and O–H groups in total. The van der Waals surface area contributed by atoms with Crippen LogP contribution in [0, 0.1) is 0 Å². The number of thiophene rings is 2. The van der Waals surface area contributed by atoms with Gasteiger partial charge in [-0.05, 0) is 30.7 Å². The predicted molar refractivity (Wildman–Crippen MR) is 112 cm³/mol. The number of rotatable bonds is 3. The first-order chi connectivity index (χ1) is 12.1. The predicted octanol–water partition coefficient (Wildman–Crippen LogP) is 6.33. The number of hydrogen-bond donors (Lipinski definition) is 2. The van der Waals surface area contributed by atoms with Gasteiger partial charge in [-0.2, -0.15) is 0 Å². The number of nitrogens with two attached hydrogens (primary N) is 1. The Bertz CT molecular complexity index is 844. The summed E-state index contributed by atoms with van der Waals surface area (Å²) in [4.78, 5) is 5.52. The molecule has 3 aromatic rings. The summed E-state index contributed by atoms with van der Waals surface area (Å²) >= 11 is 15.4. The number of hydrogen-bond acceptors (Lipinski definition) is 5. The van der Waals surface area contributed by atoms with Gasteiger partial charge in [-0.25, -0.2) is 4.98 Å². The minimum atomic E-state index is 0.449. The van der Waals surface area contributed by atoms with Gasteiger partial charge in [0, 0.05) is 28.9 Å². The number of aromatic nitrogens is 1. The standard InChI is InChI=1S/C12H8Cl2N2S2.C6H11N/c13-8-6-18-12-9(4-10(14)16-11(8)12)15-5-7-2-1-3-17-7;7-6-4-2-1-3-5-6/h1-4,6H,5H2,(H,15,16);1-2,6H,3-5,7H2. The zero-order valence-electron chi connectivity index (χ0n) is 13.5. The Morgan fingerprint density at radius 3 is 2.80 bits per heavy atom.